The summed E-state index contributed by atoms with van der Waals surface area (Å²) in [5.41, 5.74) is 5.78. The van der Waals surface area contributed by atoms with Crippen LogP contribution in [0.25, 0.3) is 0 Å². The van der Waals surface area contributed by atoms with Crippen molar-refractivity contribution in [3.63, 3.8) is 0 Å². The standard InChI is InChI=1S/C15H23NO2/c1-14(17,15(11-16)8-3-4-9-15)12-6-5-7-13(10-12)18-2/h5-7,10,17H,3-4,8-9,11,16H2,1-2H3. The zero-order valence-electron chi connectivity index (χ0n) is 11.3. The maximum atomic E-state index is 11.0. The SMILES string of the molecule is COc1cccc(C(C)(O)C2(CN)CCCC2)c1. The zero-order chi connectivity index (χ0) is 13.2. The molecule has 0 radical (unpaired) electrons. The first-order valence-electron chi connectivity index (χ1n) is 6.63. The van der Waals surface area contributed by atoms with Crippen molar-refractivity contribution in [2.45, 2.75) is 38.2 Å². The number of benzene rings is 1. The van der Waals surface area contributed by atoms with Crippen molar-refractivity contribution >= 4 is 0 Å². The van der Waals surface area contributed by atoms with E-state index >= 15 is 0 Å². The fourth-order valence-electron chi connectivity index (χ4n) is 3.17. The molecule has 0 aromatic heterocycles. The number of aliphatic hydroxyl groups is 1. The highest BCUT2D eigenvalue weighted by Gasteiger charge is 2.48. The van der Waals surface area contributed by atoms with Gasteiger partial charge in [-0.2, -0.15) is 0 Å². The van der Waals surface area contributed by atoms with Gasteiger partial charge in [-0.1, -0.05) is 25.0 Å². The molecule has 1 aliphatic rings. The normalized spacial score (nSPS) is 21.6. The number of ether oxygens (including phenoxy) is 1. The Hall–Kier alpha value is -1.06. The maximum absolute atomic E-state index is 11.0. The van der Waals surface area contributed by atoms with Crippen molar-refractivity contribution in [2.75, 3.05) is 13.7 Å². The first-order valence-corrected chi connectivity index (χ1v) is 6.63. The first-order chi connectivity index (χ1) is 8.55. The van der Waals surface area contributed by atoms with Crippen molar-refractivity contribution < 1.29 is 9.84 Å². The lowest BCUT2D eigenvalue weighted by atomic mass is 9.68. The summed E-state index contributed by atoms with van der Waals surface area (Å²) in [5, 5.41) is 11.0. The first kappa shape index (κ1) is 13.4. The van der Waals surface area contributed by atoms with Gasteiger partial charge in [0.25, 0.3) is 0 Å². The van der Waals surface area contributed by atoms with Crippen LogP contribution in [0, 0.1) is 5.41 Å². The van der Waals surface area contributed by atoms with Crippen LogP contribution in [-0.4, -0.2) is 18.8 Å². The van der Waals surface area contributed by atoms with Gasteiger partial charge in [-0.05, 0) is 37.5 Å². The van der Waals surface area contributed by atoms with Crippen molar-refractivity contribution in [3.8, 4) is 5.75 Å². The van der Waals surface area contributed by atoms with Crippen molar-refractivity contribution in [1.82, 2.24) is 0 Å². The number of methoxy groups -OCH3 is 1. The lowest BCUT2D eigenvalue weighted by Gasteiger charge is -2.42. The number of hydrogen-bond donors (Lipinski definition) is 2. The van der Waals surface area contributed by atoms with Crippen LogP contribution in [-0.2, 0) is 5.60 Å². The highest BCUT2D eigenvalue weighted by atomic mass is 16.5. The fourth-order valence-corrected chi connectivity index (χ4v) is 3.17. The average Bonchev–Trinajstić information content (AvgIpc) is 2.89. The van der Waals surface area contributed by atoms with Crippen molar-refractivity contribution in [3.05, 3.63) is 29.8 Å². The Bertz CT molecular complexity index is 409. The Morgan fingerprint density at radius 2 is 2.06 bits per heavy atom. The molecule has 1 unspecified atom stereocenters. The van der Waals surface area contributed by atoms with Gasteiger partial charge in [0, 0.05) is 12.0 Å². The second-order valence-corrected chi connectivity index (χ2v) is 5.50. The molecule has 0 aliphatic heterocycles. The van der Waals surface area contributed by atoms with E-state index in [-0.39, 0.29) is 5.41 Å². The molecule has 1 fully saturated rings. The van der Waals surface area contributed by atoms with E-state index in [0.29, 0.717) is 6.54 Å². The maximum Gasteiger partial charge on any atom is 0.119 e. The minimum atomic E-state index is -0.896. The third-order valence-corrected chi connectivity index (χ3v) is 4.62. The molecule has 1 atom stereocenters. The molecule has 0 heterocycles. The number of rotatable bonds is 4. The summed E-state index contributed by atoms with van der Waals surface area (Å²) < 4.78 is 5.24. The van der Waals surface area contributed by atoms with E-state index in [2.05, 4.69) is 0 Å². The molecule has 0 spiro atoms. The van der Waals surface area contributed by atoms with Crippen LogP contribution < -0.4 is 10.5 Å². The Kier molecular flexibility index (Phi) is 3.64. The van der Waals surface area contributed by atoms with Crippen LogP contribution >= 0.6 is 0 Å². The number of hydrogen-bond acceptors (Lipinski definition) is 3. The molecule has 3 nitrogen and oxygen atoms in total. The Morgan fingerprint density at radius 3 is 2.61 bits per heavy atom. The smallest absolute Gasteiger partial charge is 0.119 e. The van der Waals surface area contributed by atoms with Gasteiger partial charge in [-0.25, -0.2) is 0 Å². The lowest BCUT2D eigenvalue weighted by molar-refractivity contribution is -0.0694. The molecule has 0 bridgehead atoms. The zero-order valence-corrected chi connectivity index (χ0v) is 11.3. The second-order valence-electron chi connectivity index (χ2n) is 5.50. The molecule has 100 valence electrons. The van der Waals surface area contributed by atoms with Gasteiger partial charge < -0.3 is 15.6 Å². The molecular weight excluding hydrogens is 226 g/mol. The molecule has 0 amide bonds. The summed E-state index contributed by atoms with van der Waals surface area (Å²) >= 11 is 0. The van der Waals surface area contributed by atoms with Gasteiger partial charge in [-0.3, -0.25) is 0 Å². The Balaban J connectivity index is 2.39. The predicted octanol–water partition coefficient (Wildman–Crippen LogP) is 2.42. The van der Waals surface area contributed by atoms with E-state index in [1.54, 1.807) is 7.11 Å². The van der Waals surface area contributed by atoms with Crippen LogP contribution in [0.5, 0.6) is 5.75 Å². The molecule has 1 saturated carbocycles. The van der Waals surface area contributed by atoms with Crippen LogP contribution in [0.15, 0.2) is 24.3 Å². The summed E-state index contributed by atoms with van der Waals surface area (Å²) in [7, 11) is 1.64. The molecule has 3 heteroatoms. The molecule has 1 aromatic rings. The van der Waals surface area contributed by atoms with E-state index in [1.807, 2.05) is 31.2 Å². The lowest BCUT2D eigenvalue weighted by Crippen LogP contribution is -2.46. The van der Waals surface area contributed by atoms with Gasteiger partial charge in [0.1, 0.15) is 5.75 Å². The van der Waals surface area contributed by atoms with E-state index < -0.39 is 5.60 Å². The second kappa shape index (κ2) is 4.90. The Morgan fingerprint density at radius 1 is 1.39 bits per heavy atom. The summed E-state index contributed by atoms with van der Waals surface area (Å²) in [6, 6.07) is 7.68. The molecule has 0 saturated heterocycles. The third kappa shape index (κ3) is 2.02. The quantitative estimate of drug-likeness (QED) is 0.861. The minimum absolute atomic E-state index is 0.195. The summed E-state index contributed by atoms with van der Waals surface area (Å²) in [6.07, 6.45) is 4.29. The van der Waals surface area contributed by atoms with Crippen LogP contribution in [0.4, 0.5) is 0 Å². The van der Waals surface area contributed by atoms with Crippen LogP contribution in [0.1, 0.15) is 38.2 Å². The summed E-state index contributed by atoms with van der Waals surface area (Å²) in [4.78, 5) is 0. The molecule has 1 aliphatic carbocycles. The number of nitrogens with two attached hydrogens (primary N) is 1. The molecular formula is C15H23NO2. The molecule has 3 N–H and O–H groups in total. The minimum Gasteiger partial charge on any atom is -0.497 e. The van der Waals surface area contributed by atoms with Gasteiger partial charge in [0.2, 0.25) is 0 Å². The largest absolute Gasteiger partial charge is 0.497 e. The van der Waals surface area contributed by atoms with Crippen LogP contribution in [0.3, 0.4) is 0 Å². The molecule has 2 rings (SSSR count). The van der Waals surface area contributed by atoms with E-state index in [4.69, 9.17) is 10.5 Å². The topological polar surface area (TPSA) is 55.5 Å². The average molecular weight is 249 g/mol. The fraction of sp³-hybridized carbons (Fsp3) is 0.600. The van der Waals surface area contributed by atoms with Crippen molar-refractivity contribution in [2.24, 2.45) is 11.1 Å². The van der Waals surface area contributed by atoms with Crippen molar-refractivity contribution in [1.29, 1.82) is 0 Å². The van der Waals surface area contributed by atoms with Gasteiger partial charge in [0.15, 0.2) is 0 Å². The highest BCUT2D eigenvalue weighted by molar-refractivity contribution is 5.33. The predicted molar refractivity (Wildman–Crippen MR) is 72.5 cm³/mol. The van der Waals surface area contributed by atoms with Gasteiger partial charge in [0.05, 0.1) is 12.7 Å². The molecule has 1 aromatic carbocycles. The van der Waals surface area contributed by atoms with Crippen LogP contribution in [0.2, 0.25) is 0 Å². The summed E-state index contributed by atoms with van der Waals surface area (Å²) in [5.74, 6) is 0.776. The Labute approximate surface area is 109 Å². The van der Waals surface area contributed by atoms with E-state index in [0.717, 1.165) is 37.0 Å². The third-order valence-electron chi connectivity index (χ3n) is 4.62. The van der Waals surface area contributed by atoms with E-state index in [9.17, 15) is 5.11 Å². The summed E-state index contributed by atoms with van der Waals surface area (Å²) in [6.45, 7) is 2.41. The monoisotopic (exact) mass is 249 g/mol. The molecule has 18 heavy (non-hydrogen) atoms. The van der Waals surface area contributed by atoms with Gasteiger partial charge >= 0.3 is 0 Å². The van der Waals surface area contributed by atoms with Gasteiger partial charge in [-0.15, -0.1) is 0 Å². The highest BCUT2D eigenvalue weighted by Crippen LogP contribution is 2.50. The van der Waals surface area contributed by atoms with E-state index in [1.165, 1.54) is 0 Å².